The van der Waals surface area contributed by atoms with Gasteiger partial charge < -0.3 is 0 Å². The normalized spacial score (nSPS) is 11.0. The average molecular weight is 361 g/mol. The smallest absolute Gasteiger partial charge is 0.131 e. The van der Waals surface area contributed by atoms with Gasteiger partial charge in [-0.2, -0.15) is 0 Å². The summed E-state index contributed by atoms with van der Waals surface area (Å²) >= 11 is 5.92. The summed E-state index contributed by atoms with van der Waals surface area (Å²) in [7, 11) is 0. The molecule has 0 heterocycles. The molecule has 0 unspecified atom stereocenters. The fraction of sp³-hybridized carbons (Fsp3) is 0.0833. The SMILES string of the molecule is CCc1ccc2cc(-c3ccc(-c4ccc(Cl)cc4)c(F)c3)ccc2c1. The molecule has 0 saturated carbocycles. The van der Waals surface area contributed by atoms with E-state index in [-0.39, 0.29) is 5.82 Å². The number of aryl methyl sites for hydroxylation is 1. The molecule has 0 amide bonds. The van der Waals surface area contributed by atoms with Crippen LogP contribution in [0.25, 0.3) is 33.0 Å². The van der Waals surface area contributed by atoms with Crippen molar-refractivity contribution in [2.45, 2.75) is 13.3 Å². The molecule has 0 aliphatic heterocycles. The minimum Gasteiger partial charge on any atom is -0.206 e. The molecule has 0 aliphatic carbocycles. The predicted molar refractivity (Wildman–Crippen MR) is 109 cm³/mol. The maximum absolute atomic E-state index is 14.7. The third-order valence-electron chi connectivity index (χ3n) is 4.77. The second-order valence-corrected chi connectivity index (χ2v) is 6.89. The first-order valence-corrected chi connectivity index (χ1v) is 9.10. The molecule has 4 rings (SSSR count). The highest BCUT2D eigenvalue weighted by atomic mass is 35.5. The van der Waals surface area contributed by atoms with Crippen LogP contribution in [0, 0.1) is 5.82 Å². The van der Waals surface area contributed by atoms with Gasteiger partial charge in [-0.05, 0) is 63.7 Å². The van der Waals surface area contributed by atoms with Crippen LogP contribution >= 0.6 is 11.6 Å². The molecule has 0 N–H and O–H groups in total. The van der Waals surface area contributed by atoms with E-state index in [4.69, 9.17) is 11.6 Å². The van der Waals surface area contributed by atoms with Gasteiger partial charge in [0.1, 0.15) is 5.82 Å². The molecule has 2 heteroatoms. The van der Waals surface area contributed by atoms with Gasteiger partial charge in [-0.15, -0.1) is 0 Å². The lowest BCUT2D eigenvalue weighted by Crippen LogP contribution is -1.87. The fourth-order valence-corrected chi connectivity index (χ4v) is 3.38. The van der Waals surface area contributed by atoms with Crippen LogP contribution < -0.4 is 0 Å². The minimum atomic E-state index is -0.230. The fourth-order valence-electron chi connectivity index (χ4n) is 3.25. The molecule has 0 aliphatic rings. The Morgan fingerprint density at radius 3 is 2.04 bits per heavy atom. The van der Waals surface area contributed by atoms with Crippen molar-refractivity contribution < 1.29 is 4.39 Å². The van der Waals surface area contributed by atoms with E-state index in [2.05, 4.69) is 43.3 Å². The van der Waals surface area contributed by atoms with Crippen molar-refractivity contribution in [2.24, 2.45) is 0 Å². The molecule has 0 radical (unpaired) electrons. The number of rotatable bonds is 3. The molecule has 0 atom stereocenters. The highest BCUT2D eigenvalue weighted by Crippen LogP contribution is 2.30. The summed E-state index contributed by atoms with van der Waals surface area (Å²) in [5, 5.41) is 3.03. The molecule has 0 nitrogen and oxygen atoms in total. The Hall–Kier alpha value is -2.64. The van der Waals surface area contributed by atoms with Gasteiger partial charge in [0.15, 0.2) is 0 Å². The van der Waals surface area contributed by atoms with E-state index in [1.54, 1.807) is 18.2 Å². The molecule has 4 aromatic rings. The Labute approximate surface area is 157 Å². The first kappa shape index (κ1) is 16.8. The number of fused-ring (bicyclic) bond motifs is 1. The summed E-state index contributed by atoms with van der Waals surface area (Å²) in [6.45, 7) is 2.15. The topological polar surface area (TPSA) is 0 Å². The number of hydrogen-bond acceptors (Lipinski definition) is 0. The number of halogens is 2. The zero-order chi connectivity index (χ0) is 18.1. The Balaban J connectivity index is 1.73. The van der Waals surface area contributed by atoms with Crippen molar-refractivity contribution in [2.75, 3.05) is 0 Å². The van der Waals surface area contributed by atoms with Crippen molar-refractivity contribution in [3.05, 3.63) is 95.3 Å². The Morgan fingerprint density at radius 1 is 0.692 bits per heavy atom. The van der Waals surface area contributed by atoms with E-state index in [0.717, 1.165) is 23.1 Å². The third-order valence-corrected chi connectivity index (χ3v) is 5.02. The Kier molecular flexibility index (Phi) is 4.48. The summed E-state index contributed by atoms with van der Waals surface area (Å²) in [6, 6.07) is 25.4. The molecule has 0 spiro atoms. The Morgan fingerprint density at radius 2 is 1.31 bits per heavy atom. The van der Waals surface area contributed by atoms with Crippen molar-refractivity contribution in [1.82, 2.24) is 0 Å². The van der Waals surface area contributed by atoms with E-state index in [1.807, 2.05) is 24.3 Å². The first-order valence-electron chi connectivity index (χ1n) is 8.72. The second kappa shape index (κ2) is 6.93. The van der Waals surface area contributed by atoms with Crippen molar-refractivity contribution in [1.29, 1.82) is 0 Å². The van der Waals surface area contributed by atoms with Crippen molar-refractivity contribution in [3.63, 3.8) is 0 Å². The lowest BCUT2D eigenvalue weighted by Gasteiger charge is -2.09. The zero-order valence-electron chi connectivity index (χ0n) is 14.5. The zero-order valence-corrected chi connectivity index (χ0v) is 15.2. The van der Waals surface area contributed by atoms with Gasteiger partial charge in [0.25, 0.3) is 0 Å². The second-order valence-electron chi connectivity index (χ2n) is 6.45. The van der Waals surface area contributed by atoms with Crippen molar-refractivity contribution in [3.8, 4) is 22.3 Å². The number of benzene rings is 4. The summed E-state index contributed by atoms with van der Waals surface area (Å²) in [6.07, 6.45) is 1.02. The van der Waals surface area contributed by atoms with E-state index in [1.165, 1.54) is 16.3 Å². The molecule has 4 aromatic carbocycles. The maximum Gasteiger partial charge on any atom is 0.131 e. The van der Waals surface area contributed by atoms with Gasteiger partial charge in [-0.1, -0.05) is 73.1 Å². The van der Waals surface area contributed by atoms with Crippen LogP contribution in [0.15, 0.2) is 78.9 Å². The van der Waals surface area contributed by atoms with Gasteiger partial charge in [-0.25, -0.2) is 4.39 Å². The summed E-state index contributed by atoms with van der Waals surface area (Å²) in [4.78, 5) is 0. The lowest BCUT2D eigenvalue weighted by atomic mass is 9.97. The molecule has 26 heavy (non-hydrogen) atoms. The van der Waals surface area contributed by atoms with Crippen LogP contribution in [0.5, 0.6) is 0 Å². The van der Waals surface area contributed by atoms with Crippen molar-refractivity contribution >= 4 is 22.4 Å². The highest BCUT2D eigenvalue weighted by Gasteiger charge is 2.08. The van der Waals surface area contributed by atoms with Gasteiger partial charge in [0.2, 0.25) is 0 Å². The molecular weight excluding hydrogens is 343 g/mol. The van der Waals surface area contributed by atoms with Crippen LogP contribution in [0.3, 0.4) is 0 Å². The third kappa shape index (κ3) is 3.23. The van der Waals surface area contributed by atoms with E-state index in [0.29, 0.717) is 10.6 Å². The quantitative estimate of drug-likeness (QED) is 0.354. The minimum absolute atomic E-state index is 0.230. The van der Waals surface area contributed by atoms with Crippen LogP contribution in [-0.4, -0.2) is 0 Å². The van der Waals surface area contributed by atoms with Gasteiger partial charge in [-0.3, -0.25) is 0 Å². The summed E-state index contributed by atoms with van der Waals surface area (Å²) < 4.78 is 14.7. The Bertz CT molecular complexity index is 1080. The number of hydrogen-bond donors (Lipinski definition) is 0. The van der Waals surface area contributed by atoms with Gasteiger partial charge in [0, 0.05) is 10.6 Å². The van der Waals surface area contributed by atoms with Crippen LogP contribution in [0.2, 0.25) is 5.02 Å². The predicted octanol–water partition coefficient (Wildman–Crippen LogP) is 7.53. The average Bonchev–Trinajstić information content (AvgIpc) is 2.68. The molecular formula is C24H18ClF. The van der Waals surface area contributed by atoms with Crippen LogP contribution in [0.4, 0.5) is 4.39 Å². The summed E-state index contributed by atoms with van der Waals surface area (Å²) in [5.74, 6) is -0.230. The maximum atomic E-state index is 14.7. The lowest BCUT2D eigenvalue weighted by molar-refractivity contribution is 0.632. The summed E-state index contributed by atoms with van der Waals surface area (Å²) in [5.41, 5.74) is 4.62. The molecule has 0 aromatic heterocycles. The van der Waals surface area contributed by atoms with Crippen LogP contribution in [-0.2, 0) is 6.42 Å². The largest absolute Gasteiger partial charge is 0.206 e. The first-order chi connectivity index (χ1) is 12.6. The van der Waals surface area contributed by atoms with E-state index >= 15 is 0 Å². The van der Waals surface area contributed by atoms with Crippen LogP contribution in [0.1, 0.15) is 12.5 Å². The van der Waals surface area contributed by atoms with Gasteiger partial charge >= 0.3 is 0 Å². The monoisotopic (exact) mass is 360 g/mol. The van der Waals surface area contributed by atoms with E-state index < -0.39 is 0 Å². The van der Waals surface area contributed by atoms with Gasteiger partial charge in [0.05, 0.1) is 0 Å². The molecule has 0 bridgehead atoms. The highest BCUT2D eigenvalue weighted by molar-refractivity contribution is 6.30. The molecule has 0 fully saturated rings. The standard InChI is InChI=1S/C24H18ClF/c1-2-16-3-4-19-14-20(6-5-18(19)13-16)21-9-12-23(24(26)15-21)17-7-10-22(25)11-8-17/h3-15H,2H2,1H3. The van der Waals surface area contributed by atoms with E-state index in [9.17, 15) is 4.39 Å². The molecule has 128 valence electrons. The molecule has 0 saturated heterocycles.